The first-order valence-corrected chi connectivity index (χ1v) is 34.9. The second-order valence-electron chi connectivity index (χ2n) is 23.3. The molecule has 12 heteroatoms. The van der Waals surface area contributed by atoms with Crippen molar-refractivity contribution < 1.29 is 52.7 Å². The van der Waals surface area contributed by atoms with Crippen molar-refractivity contribution in [1.82, 2.24) is 0 Å². The molecule has 0 amide bonds. The first kappa shape index (κ1) is 69.3. The Morgan fingerprint density at radius 2 is 0.423 bits per heavy atom. The van der Waals surface area contributed by atoms with Gasteiger partial charge in [-0.25, -0.2) is 0 Å². The Kier molecular flexibility index (Phi) is 24.9. The largest absolute Gasteiger partial charge is 2.00 e. The maximum Gasteiger partial charge on any atom is 2.00 e. The number of ether oxygens (including phenoxy) is 4. The fourth-order valence-electron chi connectivity index (χ4n) is 12.1. The second-order valence-corrected chi connectivity index (χ2v) is 27.7. The standard InChI is InChI=1S/C80H66O4P2.C5H5.BF4.Ni/c1-9-27-59(28-10-1)55-81-77-63-35-25-36-64(77)48-68-52-76(86(73-43-21-7-22-44-73)74-45-23-8-24-46-74)54-70(80(68)84-58-62-33-15-4-16-34-62)50-66-38-26-37-65(78(66)82-56-60-29-11-2-12-30-60)49-69-53-75(51-67(47-63)79(69)83-57-61-31-13-3-14-32-61)85(71-39-17-5-18-40-71)72-41-19-6-20-42-72;1-2-4-5-3-1;2-1(3,4)5;/h1-46,51-54H,47-50,55-58H2;1-5H;;/q;;-1;+2. The summed E-state index contributed by atoms with van der Waals surface area (Å²) in [4.78, 5) is 0. The summed E-state index contributed by atoms with van der Waals surface area (Å²) in [6.45, 7) is 1.60. The summed E-state index contributed by atoms with van der Waals surface area (Å²) in [6, 6.07) is 109. The topological polar surface area (TPSA) is 36.9 Å². The Balaban J connectivity index is 0.000000803. The molecule has 0 heterocycles. The van der Waals surface area contributed by atoms with Gasteiger partial charge in [0.05, 0.1) is 0 Å². The van der Waals surface area contributed by atoms with E-state index in [9.17, 15) is 17.3 Å². The van der Waals surface area contributed by atoms with E-state index >= 15 is 0 Å². The van der Waals surface area contributed by atoms with Crippen LogP contribution in [0.4, 0.5) is 17.3 Å². The van der Waals surface area contributed by atoms with Crippen LogP contribution in [-0.4, -0.2) is 7.25 Å². The molecule has 0 aromatic heterocycles. The van der Waals surface area contributed by atoms with Crippen LogP contribution in [0.1, 0.15) is 66.8 Å². The van der Waals surface area contributed by atoms with Crippen molar-refractivity contribution in [3.8, 4) is 23.0 Å². The zero-order chi connectivity index (χ0) is 65.7. The first-order valence-electron chi connectivity index (χ1n) is 32.2. The molecule has 1 fully saturated rings. The average molecular weight is 1360 g/mol. The van der Waals surface area contributed by atoms with Gasteiger partial charge in [-0.2, -0.15) is 0 Å². The van der Waals surface area contributed by atoms with Gasteiger partial charge in [0.1, 0.15) is 49.4 Å². The zero-order valence-corrected chi connectivity index (χ0v) is 56.1. The van der Waals surface area contributed by atoms with E-state index in [1.54, 1.807) is 0 Å². The van der Waals surface area contributed by atoms with E-state index in [1.165, 1.54) is 31.8 Å². The smallest absolute Gasteiger partial charge is 0.488 e. The number of halogens is 4. The second kappa shape index (κ2) is 34.8. The van der Waals surface area contributed by atoms with Crippen LogP contribution in [0.5, 0.6) is 23.0 Å². The molecular weight excluding hydrogens is 1290 g/mol. The molecule has 0 atom stereocenters. The summed E-state index contributed by atoms with van der Waals surface area (Å²) >= 11 is 0. The van der Waals surface area contributed by atoms with E-state index in [-0.39, 0.29) is 16.5 Å². The van der Waals surface area contributed by atoms with Crippen LogP contribution in [0.2, 0.25) is 0 Å². The first-order chi connectivity index (χ1) is 47.1. The summed E-state index contributed by atoms with van der Waals surface area (Å²) in [7, 11) is -8.04. The molecule has 2 aliphatic carbocycles. The van der Waals surface area contributed by atoms with Gasteiger partial charge in [-0.1, -0.05) is 279 Å². The number of hydrogen-bond donors (Lipinski definition) is 0. The summed E-state index contributed by atoms with van der Waals surface area (Å²) in [5.41, 5.74) is 13.1. The Morgan fingerprint density at radius 1 is 0.237 bits per heavy atom. The monoisotopic (exact) mass is 1360 g/mol. The molecule has 2 aliphatic rings. The van der Waals surface area contributed by atoms with E-state index in [4.69, 9.17) is 18.9 Å². The molecule has 5 radical (unpaired) electrons. The quantitative estimate of drug-likeness (QED) is 0.0487. The van der Waals surface area contributed by atoms with E-state index in [2.05, 4.69) is 303 Å². The third-order valence-corrected chi connectivity index (χ3v) is 21.2. The Morgan fingerprint density at radius 3 is 0.629 bits per heavy atom. The maximum absolute atomic E-state index is 9.75. The Hall–Kier alpha value is -9.02. The van der Waals surface area contributed by atoms with E-state index < -0.39 is 23.1 Å². The predicted octanol–water partition coefficient (Wildman–Crippen LogP) is 18.5. The summed E-state index contributed by atoms with van der Waals surface area (Å²) in [5, 5.41) is 7.62. The van der Waals surface area contributed by atoms with Crippen molar-refractivity contribution in [2.24, 2.45) is 0 Å². The van der Waals surface area contributed by atoms with Crippen LogP contribution in [0.15, 0.2) is 303 Å². The molecule has 12 aromatic carbocycles. The third-order valence-electron chi connectivity index (χ3n) is 16.4. The maximum atomic E-state index is 9.75. The number of hydrogen-bond acceptors (Lipinski definition) is 4. The summed E-state index contributed by atoms with van der Waals surface area (Å²) in [6.07, 6.45) is 12.2. The minimum Gasteiger partial charge on any atom is -0.488 e. The number of para-hydroxylation sites is 2. The average Bonchev–Trinajstić information content (AvgIpc) is 1.56. The normalized spacial score (nSPS) is 12.4. The van der Waals surface area contributed by atoms with Crippen LogP contribution < -0.4 is 50.8 Å². The molecule has 0 unspecified atom stereocenters. The van der Waals surface area contributed by atoms with Crippen molar-refractivity contribution in [3.63, 3.8) is 0 Å². The van der Waals surface area contributed by atoms with Gasteiger partial charge in [-0.05, 0) is 171 Å². The molecule has 0 aliphatic heterocycles. The fourth-order valence-corrected chi connectivity index (χ4v) is 16.9. The molecule has 4 nitrogen and oxygen atoms in total. The van der Waals surface area contributed by atoms with Crippen molar-refractivity contribution >= 4 is 54.9 Å². The molecule has 0 saturated heterocycles. The molecule has 0 spiro atoms. The molecule has 485 valence electrons. The van der Waals surface area contributed by atoms with Crippen molar-refractivity contribution in [2.75, 3.05) is 0 Å². The van der Waals surface area contributed by atoms with Crippen LogP contribution in [0.3, 0.4) is 0 Å². The Bertz CT molecular complexity index is 3930. The van der Waals surface area contributed by atoms with Gasteiger partial charge in [0.2, 0.25) is 0 Å². The van der Waals surface area contributed by atoms with Crippen molar-refractivity contribution in [2.45, 2.75) is 52.1 Å². The molecule has 8 bridgehead atoms. The van der Waals surface area contributed by atoms with Crippen LogP contribution >= 0.6 is 15.8 Å². The van der Waals surface area contributed by atoms with Gasteiger partial charge in [-0.3, -0.25) is 0 Å². The molecule has 14 rings (SSSR count). The number of fused-ring (bicyclic) bond motifs is 8. The van der Waals surface area contributed by atoms with Crippen LogP contribution in [0, 0.1) is 32.1 Å². The van der Waals surface area contributed by atoms with E-state index in [0.717, 1.165) is 89.8 Å². The summed E-state index contributed by atoms with van der Waals surface area (Å²) in [5.74, 6) is 3.49. The van der Waals surface area contributed by atoms with Gasteiger partial charge >= 0.3 is 23.7 Å². The fraction of sp³-hybridized carbons (Fsp3) is 0.0941. The van der Waals surface area contributed by atoms with Crippen LogP contribution in [0.25, 0.3) is 0 Å². The van der Waals surface area contributed by atoms with E-state index in [1.807, 2.05) is 32.1 Å². The van der Waals surface area contributed by atoms with E-state index in [0.29, 0.717) is 52.1 Å². The minimum atomic E-state index is -6.00. The molecular formula is C85H71BF4NiO4P2+. The predicted molar refractivity (Wildman–Crippen MR) is 389 cm³/mol. The van der Waals surface area contributed by atoms with Crippen LogP contribution in [-0.2, 0) is 68.6 Å². The third kappa shape index (κ3) is 19.4. The van der Waals surface area contributed by atoms with Gasteiger partial charge in [0, 0.05) is 25.7 Å². The van der Waals surface area contributed by atoms with Gasteiger partial charge in [0.25, 0.3) is 0 Å². The van der Waals surface area contributed by atoms with Gasteiger partial charge in [-0.15, -0.1) is 0 Å². The number of rotatable bonds is 18. The van der Waals surface area contributed by atoms with Gasteiger partial charge in [0.15, 0.2) is 0 Å². The van der Waals surface area contributed by atoms with Crippen molar-refractivity contribution in [3.05, 3.63) is 402 Å². The van der Waals surface area contributed by atoms with Gasteiger partial charge < -0.3 is 36.2 Å². The number of benzene rings is 12. The zero-order valence-electron chi connectivity index (χ0n) is 53.3. The molecule has 97 heavy (non-hydrogen) atoms. The molecule has 1 saturated carbocycles. The SMILES string of the molecule is F[B-](F)(F)F.[CH]1[CH][CH][CH][CH]1.[Ni+2].c1ccc(COc2c3cccc2Cc2cc(P(c4ccccc4)c4ccccc4)cc(c2OCc2ccccc2)Cc2cccc(c2OCc2ccccc2)Cc2cc(P(c4ccccc4)c4ccccc4)cc(c2OCc2ccccc2)C3)cc1. The molecule has 0 N–H and O–H groups in total. The summed E-state index contributed by atoms with van der Waals surface area (Å²) < 4.78 is 68.4. The molecule has 12 aromatic rings. The minimum absolute atomic E-state index is 0. The Labute approximate surface area is 581 Å². The van der Waals surface area contributed by atoms with Crippen molar-refractivity contribution in [1.29, 1.82) is 0 Å².